The fraction of sp³-hybridized carbons (Fsp3) is 0.644. The van der Waals surface area contributed by atoms with E-state index < -0.39 is 77.4 Å². The highest BCUT2D eigenvalue weighted by molar-refractivity contribution is 6.10. The fourth-order valence-corrected chi connectivity index (χ4v) is 7.20. The molecule has 0 saturated carbocycles. The molecule has 1 fully saturated rings. The summed E-state index contributed by atoms with van der Waals surface area (Å²) in [7, 11) is 0. The van der Waals surface area contributed by atoms with E-state index in [2.05, 4.69) is 21.3 Å². The number of amides is 5. The van der Waals surface area contributed by atoms with Crippen LogP contribution in [0.3, 0.4) is 0 Å². The van der Waals surface area contributed by atoms with Crippen LogP contribution in [0.25, 0.3) is 21.9 Å². The van der Waals surface area contributed by atoms with Crippen molar-refractivity contribution in [2.45, 2.75) is 124 Å². The summed E-state index contributed by atoms with van der Waals surface area (Å²) in [6, 6.07) is 3.77. The van der Waals surface area contributed by atoms with Crippen molar-refractivity contribution in [2.75, 3.05) is 64.7 Å². The quantitative estimate of drug-likeness (QED) is 0.0632. The van der Waals surface area contributed by atoms with Crippen LogP contribution in [0.15, 0.2) is 24.3 Å². The molecule has 0 bridgehead atoms. The van der Waals surface area contributed by atoms with Gasteiger partial charge in [-0.15, -0.1) is 0 Å². The minimum Gasteiger partial charge on any atom is -0.481 e. The minimum absolute atomic E-state index is 0.0270. The molecule has 1 aliphatic rings. The first-order valence-electron chi connectivity index (χ1n) is 22.4. The van der Waals surface area contributed by atoms with Crippen molar-refractivity contribution in [3.05, 3.63) is 30.1 Å². The molecule has 366 valence electrons. The Bertz CT molecular complexity index is 2130. The predicted octanol–water partition coefficient (Wildman–Crippen LogP) is 2.89. The number of anilines is 1. The van der Waals surface area contributed by atoms with E-state index in [0.29, 0.717) is 35.4 Å². The van der Waals surface area contributed by atoms with Crippen molar-refractivity contribution in [3.63, 3.8) is 0 Å². The van der Waals surface area contributed by atoms with E-state index in [9.17, 15) is 39.0 Å². The Hall–Kier alpha value is -5.48. The molecule has 4 rings (SSSR count). The molecule has 0 spiro atoms. The highest BCUT2D eigenvalue weighted by Gasteiger charge is 2.40. The summed E-state index contributed by atoms with van der Waals surface area (Å²) in [4.78, 5) is 89.1. The average Bonchev–Trinajstić information content (AvgIpc) is 3.86. The zero-order chi connectivity index (χ0) is 48.6. The number of carbonyl (C=O) groups is 6. The van der Waals surface area contributed by atoms with E-state index in [1.165, 1.54) is 4.90 Å². The van der Waals surface area contributed by atoms with Crippen LogP contribution in [0.5, 0.6) is 0 Å². The second kappa shape index (κ2) is 24.9. The normalized spacial score (nSPS) is 15.2. The molecule has 21 heteroatoms. The number of rotatable bonds is 26. The Morgan fingerprint density at radius 2 is 1.56 bits per heavy atom. The van der Waals surface area contributed by atoms with Crippen LogP contribution >= 0.6 is 0 Å². The molecule has 5 amide bonds. The number of alkyl carbamates (subject to hydrolysis) is 1. The number of pyridine rings is 1. The molecule has 0 radical (unpaired) electrons. The van der Waals surface area contributed by atoms with E-state index in [0.717, 1.165) is 5.39 Å². The smallest absolute Gasteiger partial charge is 0.407 e. The van der Waals surface area contributed by atoms with Gasteiger partial charge in [0.1, 0.15) is 41.7 Å². The largest absolute Gasteiger partial charge is 0.481 e. The van der Waals surface area contributed by atoms with Gasteiger partial charge in [0.2, 0.25) is 23.6 Å². The second-order valence-corrected chi connectivity index (χ2v) is 17.9. The number of carboxylic acids is 1. The van der Waals surface area contributed by atoms with Crippen molar-refractivity contribution in [3.8, 4) is 0 Å². The molecule has 0 aliphatic carbocycles. The number of carbonyl (C=O) groups excluding carboxylic acids is 5. The third kappa shape index (κ3) is 16.4. The Morgan fingerprint density at radius 3 is 2.20 bits per heavy atom. The third-order valence-corrected chi connectivity index (χ3v) is 10.1. The van der Waals surface area contributed by atoms with E-state index in [-0.39, 0.29) is 84.5 Å². The molecule has 1 aliphatic heterocycles. The lowest BCUT2D eigenvalue weighted by Crippen LogP contribution is -2.57. The highest BCUT2D eigenvalue weighted by Crippen LogP contribution is 2.32. The number of ether oxygens (including phenoxy) is 5. The average molecular weight is 929 g/mol. The standard InChI is InChI=1S/C45H68N8O13/c1-9-62-26-33-49-37-38(53(33)27-45(7,8)61)29-13-10-11-14-30(29)48-39(37)51-41(58)36(28(2)3)50-40(57)32-15-12-18-52(32)42(59)31(25-35(55)56)47-34(54)16-19-63-21-23-65-24-22-64-20-17-46-43(60)66-44(4,5)6/h10-11,13-14,28,31-32,36,61H,9,12,15-27H2,1-8H3,(H,46,60)(H,47,54)(H,50,57)(H,55,56)(H,48,51,58)/t31-,32-,36-/m0/s1. The molecule has 21 nitrogen and oxygen atoms in total. The topological polar surface area (TPSA) is 271 Å². The van der Waals surface area contributed by atoms with Gasteiger partial charge in [0.25, 0.3) is 0 Å². The van der Waals surface area contributed by atoms with Gasteiger partial charge in [0.15, 0.2) is 5.82 Å². The van der Waals surface area contributed by atoms with Crippen LogP contribution in [-0.2, 0) is 60.8 Å². The summed E-state index contributed by atoms with van der Waals surface area (Å²) in [5.41, 5.74) is -0.139. The molecule has 1 aromatic carbocycles. The number of nitrogens with zero attached hydrogens (tertiary/aromatic N) is 4. The Kier molecular flexibility index (Phi) is 20.0. The molecule has 0 unspecified atom stereocenters. The van der Waals surface area contributed by atoms with Crippen LogP contribution in [-0.4, -0.2) is 154 Å². The number of hydrogen-bond acceptors (Lipinski definition) is 14. The summed E-state index contributed by atoms with van der Waals surface area (Å²) >= 11 is 0. The summed E-state index contributed by atoms with van der Waals surface area (Å²) in [6.45, 7) is 16.4. The third-order valence-electron chi connectivity index (χ3n) is 10.1. The maximum atomic E-state index is 14.1. The van der Waals surface area contributed by atoms with Crippen LogP contribution in [0.4, 0.5) is 10.6 Å². The van der Waals surface area contributed by atoms with Crippen LogP contribution < -0.4 is 21.3 Å². The number of aromatic nitrogens is 3. The van der Waals surface area contributed by atoms with Gasteiger partial charge in [-0.3, -0.25) is 24.0 Å². The molecule has 3 atom stereocenters. The Morgan fingerprint density at radius 1 is 0.894 bits per heavy atom. The monoisotopic (exact) mass is 928 g/mol. The van der Waals surface area contributed by atoms with Crippen molar-refractivity contribution in [2.24, 2.45) is 5.92 Å². The van der Waals surface area contributed by atoms with Gasteiger partial charge in [-0.05, 0) is 66.4 Å². The number of hydrogen-bond donors (Lipinski definition) is 6. The molecule has 66 heavy (non-hydrogen) atoms. The molecule has 3 heterocycles. The molecule has 1 saturated heterocycles. The minimum atomic E-state index is -1.46. The molecule has 6 N–H and O–H groups in total. The lowest BCUT2D eigenvalue weighted by atomic mass is 10.0. The van der Waals surface area contributed by atoms with E-state index in [1.54, 1.807) is 54.5 Å². The Labute approximate surface area is 385 Å². The van der Waals surface area contributed by atoms with Gasteiger partial charge < -0.3 is 64.6 Å². The number of benzene rings is 1. The molecule has 2 aromatic heterocycles. The van der Waals surface area contributed by atoms with Gasteiger partial charge in [0.05, 0.1) is 69.2 Å². The Balaban J connectivity index is 1.33. The molecule has 3 aromatic rings. The highest BCUT2D eigenvalue weighted by atomic mass is 16.6. The second-order valence-electron chi connectivity index (χ2n) is 17.9. The van der Waals surface area contributed by atoms with Gasteiger partial charge >= 0.3 is 12.1 Å². The first kappa shape index (κ1) is 53.1. The van der Waals surface area contributed by atoms with Gasteiger partial charge in [0, 0.05) is 31.5 Å². The summed E-state index contributed by atoms with van der Waals surface area (Å²) < 4.78 is 29.0. The number of imidazole rings is 1. The lowest BCUT2D eigenvalue weighted by Gasteiger charge is -2.30. The van der Waals surface area contributed by atoms with Crippen molar-refractivity contribution >= 4 is 63.4 Å². The van der Waals surface area contributed by atoms with Gasteiger partial charge in [-0.2, -0.15) is 0 Å². The number of para-hydroxylation sites is 1. The van der Waals surface area contributed by atoms with Crippen LogP contribution in [0, 0.1) is 5.92 Å². The van der Waals surface area contributed by atoms with Crippen LogP contribution in [0.2, 0.25) is 0 Å². The summed E-state index contributed by atoms with van der Waals surface area (Å²) in [6.07, 6.45) is -0.734. The fourth-order valence-electron chi connectivity index (χ4n) is 7.20. The summed E-state index contributed by atoms with van der Waals surface area (Å²) in [5, 5.41) is 32.0. The summed E-state index contributed by atoms with van der Waals surface area (Å²) in [5.74, 6) is -3.63. The zero-order valence-corrected chi connectivity index (χ0v) is 39.4. The van der Waals surface area contributed by atoms with Crippen molar-refractivity contribution in [1.29, 1.82) is 0 Å². The van der Waals surface area contributed by atoms with E-state index >= 15 is 0 Å². The first-order chi connectivity index (χ1) is 31.2. The van der Waals surface area contributed by atoms with Crippen molar-refractivity contribution < 1.29 is 62.7 Å². The van der Waals surface area contributed by atoms with Gasteiger partial charge in [-0.25, -0.2) is 14.8 Å². The van der Waals surface area contributed by atoms with E-state index in [1.807, 2.05) is 29.7 Å². The number of fused-ring (bicyclic) bond motifs is 3. The van der Waals surface area contributed by atoms with Crippen molar-refractivity contribution in [1.82, 2.24) is 35.4 Å². The maximum Gasteiger partial charge on any atom is 0.407 e. The maximum absolute atomic E-state index is 14.1. The molecular formula is C45H68N8O13. The number of aliphatic carboxylic acids is 1. The SMILES string of the molecule is CCOCc1nc2c(NC(=O)[C@@H](NC(=O)[C@@H]3CCCN3C(=O)[C@H](CC(=O)O)NC(=O)CCOCCOCCOCCNC(=O)OC(C)(C)C)C(C)C)nc3ccccc3c2n1CC(C)(C)O. The van der Waals surface area contributed by atoms with E-state index in [4.69, 9.17) is 33.7 Å². The molecular weight excluding hydrogens is 861 g/mol. The zero-order valence-electron chi connectivity index (χ0n) is 39.4. The predicted molar refractivity (Wildman–Crippen MR) is 242 cm³/mol. The lowest BCUT2D eigenvalue weighted by molar-refractivity contribution is -0.146. The van der Waals surface area contributed by atoms with Gasteiger partial charge in [-0.1, -0.05) is 32.0 Å². The number of likely N-dealkylation sites (tertiary alicyclic amines) is 1. The number of carboxylic acid groups (broad SMARTS) is 1. The number of nitrogens with one attached hydrogen (secondary N) is 4. The van der Waals surface area contributed by atoms with Crippen LogP contribution in [0.1, 0.15) is 86.9 Å². The number of aliphatic hydroxyl groups is 1. The first-order valence-corrected chi connectivity index (χ1v) is 22.4.